The van der Waals surface area contributed by atoms with E-state index in [2.05, 4.69) is 10.7 Å². The Morgan fingerprint density at radius 3 is 2.83 bits per heavy atom. The summed E-state index contributed by atoms with van der Waals surface area (Å²) in [6.07, 6.45) is 1.61. The molecule has 1 unspecified atom stereocenters. The maximum Gasteiger partial charge on any atom is 0.333 e. The molecule has 0 aromatic rings. The van der Waals surface area contributed by atoms with Crippen LogP contribution < -0.4 is 0 Å². The summed E-state index contributed by atoms with van der Waals surface area (Å²) in [7, 11) is 1.31. The minimum atomic E-state index is -2.96. The van der Waals surface area contributed by atoms with Crippen molar-refractivity contribution in [2.45, 2.75) is 37.7 Å². The predicted octanol–water partition coefficient (Wildman–Crippen LogP) is 2.21. The van der Waals surface area contributed by atoms with E-state index in [0.717, 1.165) is 12.8 Å². The fourth-order valence-corrected chi connectivity index (χ4v) is 1.25. The van der Waals surface area contributed by atoms with Crippen molar-refractivity contribution in [1.82, 2.24) is 0 Å². The summed E-state index contributed by atoms with van der Waals surface area (Å²) >= 11 is 0. The Labute approximate surface area is 71.1 Å². The van der Waals surface area contributed by atoms with E-state index >= 15 is 0 Å². The van der Waals surface area contributed by atoms with Crippen molar-refractivity contribution < 1.29 is 13.5 Å². The molecule has 0 aromatic heterocycles. The van der Waals surface area contributed by atoms with Crippen molar-refractivity contribution in [2.75, 3.05) is 7.11 Å². The number of rotatable bonds is 1. The minimum absolute atomic E-state index is 0.401. The van der Waals surface area contributed by atoms with Gasteiger partial charge in [0.05, 0.1) is 0 Å². The van der Waals surface area contributed by atoms with Crippen molar-refractivity contribution in [3.63, 3.8) is 0 Å². The van der Waals surface area contributed by atoms with E-state index in [9.17, 15) is 8.78 Å². The Balaban J connectivity index is 2.73. The number of hydrogen-bond donors (Lipinski definition) is 0. The highest BCUT2D eigenvalue weighted by atomic mass is 19.3. The second-order valence-electron chi connectivity index (χ2n) is 2.89. The van der Waals surface area contributed by atoms with Gasteiger partial charge in [0.25, 0.3) is 0 Å². The molecule has 0 aliphatic heterocycles. The number of halogens is 2. The Kier molecular flexibility index (Phi) is 3.05. The van der Waals surface area contributed by atoms with Crippen LogP contribution in [0, 0.1) is 11.8 Å². The summed E-state index contributed by atoms with van der Waals surface area (Å²) in [6.45, 7) is 0. The van der Waals surface area contributed by atoms with Crippen molar-refractivity contribution in [1.29, 1.82) is 0 Å². The van der Waals surface area contributed by atoms with Crippen LogP contribution in [-0.2, 0) is 4.74 Å². The molecule has 1 aliphatic carbocycles. The number of methoxy groups -OCH3 is 1. The third-order valence-corrected chi connectivity index (χ3v) is 1.96. The first-order chi connectivity index (χ1) is 5.67. The topological polar surface area (TPSA) is 9.23 Å². The zero-order valence-electron chi connectivity index (χ0n) is 7.07. The van der Waals surface area contributed by atoms with Crippen molar-refractivity contribution in [3.8, 4) is 11.8 Å². The van der Waals surface area contributed by atoms with Crippen LogP contribution in [0.4, 0.5) is 8.78 Å². The lowest BCUT2D eigenvalue weighted by atomic mass is 10.0. The van der Waals surface area contributed by atoms with Crippen molar-refractivity contribution >= 4 is 0 Å². The lowest BCUT2D eigenvalue weighted by Gasteiger charge is -2.22. The summed E-state index contributed by atoms with van der Waals surface area (Å²) in [6, 6.07) is 0. The quantitative estimate of drug-likeness (QED) is 0.554. The average Bonchev–Trinajstić information content (AvgIpc) is 1.99. The second-order valence-corrected chi connectivity index (χ2v) is 2.89. The Morgan fingerprint density at radius 1 is 1.42 bits per heavy atom. The SMILES string of the molecule is COC1CCCCC#CC1(F)F. The molecule has 12 heavy (non-hydrogen) atoms. The predicted molar refractivity (Wildman–Crippen MR) is 42.0 cm³/mol. The molecule has 1 atom stereocenters. The lowest BCUT2D eigenvalue weighted by molar-refractivity contribution is -0.0867. The van der Waals surface area contributed by atoms with Gasteiger partial charge in [0, 0.05) is 13.5 Å². The highest BCUT2D eigenvalue weighted by molar-refractivity contribution is 5.13. The fourth-order valence-electron chi connectivity index (χ4n) is 1.25. The zero-order chi connectivity index (χ0) is 9.03. The van der Waals surface area contributed by atoms with Crippen LogP contribution in [-0.4, -0.2) is 19.1 Å². The van der Waals surface area contributed by atoms with Crippen LogP contribution in [0.5, 0.6) is 0 Å². The molecule has 0 fully saturated rings. The van der Waals surface area contributed by atoms with Gasteiger partial charge in [-0.3, -0.25) is 0 Å². The second kappa shape index (κ2) is 3.86. The summed E-state index contributed by atoms with van der Waals surface area (Å²) < 4.78 is 30.7. The van der Waals surface area contributed by atoms with Gasteiger partial charge in [-0.25, -0.2) is 0 Å². The third-order valence-electron chi connectivity index (χ3n) is 1.96. The molecule has 0 bridgehead atoms. The Bertz CT molecular complexity index is 202. The van der Waals surface area contributed by atoms with Gasteiger partial charge in [0.15, 0.2) is 0 Å². The Hall–Kier alpha value is -0.620. The first-order valence-electron chi connectivity index (χ1n) is 4.07. The largest absolute Gasteiger partial charge is 0.374 e. The van der Waals surface area contributed by atoms with Gasteiger partial charge in [-0.1, -0.05) is 5.92 Å². The average molecular weight is 174 g/mol. The maximum atomic E-state index is 13.0. The molecule has 0 spiro atoms. The van der Waals surface area contributed by atoms with Crippen molar-refractivity contribution in [3.05, 3.63) is 0 Å². The molecular weight excluding hydrogens is 162 g/mol. The van der Waals surface area contributed by atoms with Gasteiger partial charge in [-0.15, -0.1) is 0 Å². The molecule has 0 heterocycles. The molecule has 1 rings (SSSR count). The Morgan fingerprint density at radius 2 is 2.17 bits per heavy atom. The number of ether oxygens (including phenoxy) is 1. The number of hydrogen-bond acceptors (Lipinski definition) is 1. The summed E-state index contributed by atoms with van der Waals surface area (Å²) in [5, 5.41) is 0. The van der Waals surface area contributed by atoms with Crippen LogP contribution in [0.1, 0.15) is 25.7 Å². The third kappa shape index (κ3) is 2.18. The molecule has 68 valence electrons. The molecule has 0 amide bonds. The van der Waals surface area contributed by atoms with E-state index in [1.807, 2.05) is 5.92 Å². The van der Waals surface area contributed by atoms with E-state index in [-0.39, 0.29) is 0 Å². The number of alkyl halides is 2. The first kappa shape index (κ1) is 9.47. The molecule has 1 aliphatic rings. The van der Waals surface area contributed by atoms with E-state index in [0.29, 0.717) is 12.8 Å². The minimum Gasteiger partial charge on any atom is -0.374 e. The smallest absolute Gasteiger partial charge is 0.333 e. The van der Waals surface area contributed by atoms with Gasteiger partial charge < -0.3 is 4.74 Å². The highest BCUT2D eigenvalue weighted by Gasteiger charge is 2.37. The standard InChI is InChI=1S/C9H12F2O/c1-12-8-6-4-2-3-5-7-9(8,10)11/h8H,2-4,6H2,1H3. The first-order valence-corrected chi connectivity index (χ1v) is 4.07. The van der Waals surface area contributed by atoms with Crippen LogP contribution in [0.2, 0.25) is 0 Å². The molecule has 0 saturated heterocycles. The van der Waals surface area contributed by atoms with E-state index in [4.69, 9.17) is 0 Å². The normalized spacial score (nSPS) is 28.1. The van der Waals surface area contributed by atoms with E-state index in [1.165, 1.54) is 7.11 Å². The lowest BCUT2D eigenvalue weighted by Crippen LogP contribution is -2.34. The maximum absolute atomic E-state index is 13.0. The summed E-state index contributed by atoms with van der Waals surface area (Å²) in [4.78, 5) is 0. The monoisotopic (exact) mass is 174 g/mol. The molecule has 0 aromatic carbocycles. The van der Waals surface area contributed by atoms with Crippen molar-refractivity contribution in [2.24, 2.45) is 0 Å². The van der Waals surface area contributed by atoms with E-state index in [1.54, 1.807) is 0 Å². The molecular formula is C9H12F2O. The van der Waals surface area contributed by atoms with Gasteiger partial charge in [-0.2, -0.15) is 8.78 Å². The molecule has 0 radical (unpaired) electrons. The zero-order valence-corrected chi connectivity index (χ0v) is 7.07. The molecule has 0 N–H and O–H groups in total. The van der Waals surface area contributed by atoms with Gasteiger partial charge in [0.2, 0.25) is 0 Å². The van der Waals surface area contributed by atoms with Crippen LogP contribution >= 0.6 is 0 Å². The summed E-state index contributed by atoms with van der Waals surface area (Å²) in [5.74, 6) is 1.45. The fraction of sp³-hybridized carbons (Fsp3) is 0.778. The van der Waals surface area contributed by atoms with Crippen LogP contribution in [0.3, 0.4) is 0 Å². The summed E-state index contributed by atoms with van der Waals surface area (Å²) in [5.41, 5.74) is 0. The van der Waals surface area contributed by atoms with Gasteiger partial charge in [0.1, 0.15) is 6.10 Å². The van der Waals surface area contributed by atoms with E-state index < -0.39 is 12.0 Å². The van der Waals surface area contributed by atoms with Crippen LogP contribution in [0.15, 0.2) is 0 Å². The highest BCUT2D eigenvalue weighted by Crippen LogP contribution is 2.25. The van der Waals surface area contributed by atoms with Gasteiger partial charge >= 0.3 is 5.92 Å². The molecule has 1 nitrogen and oxygen atoms in total. The van der Waals surface area contributed by atoms with Crippen LogP contribution in [0.25, 0.3) is 0 Å². The molecule has 0 saturated carbocycles. The van der Waals surface area contributed by atoms with Gasteiger partial charge in [-0.05, 0) is 25.2 Å². The molecule has 3 heteroatoms.